The van der Waals surface area contributed by atoms with E-state index in [1.54, 1.807) is 18.4 Å². The minimum absolute atomic E-state index is 0.193. The van der Waals surface area contributed by atoms with Crippen molar-refractivity contribution in [3.8, 4) is 5.75 Å². The Bertz CT molecular complexity index is 1090. The maximum absolute atomic E-state index is 13.1. The van der Waals surface area contributed by atoms with Crippen LogP contribution in [0.3, 0.4) is 0 Å². The molecule has 0 unspecified atom stereocenters. The smallest absolute Gasteiger partial charge is 0.185 e. The van der Waals surface area contributed by atoms with Crippen LogP contribution in [-0.4, -0.2) is 38.9 Å². The molecule has 2 heterocycles. The van der Waals surface area contributed by atoms with Gasteiger partial charge in [-0.2, -0.15) is 0 Å². The highest BCUT2D eigenvalue weighted by Crippen LogP contribution is 2.29. The molecule has 1 aliphatic heterocycles. The Balaban J connectivity index is 1.38. The van der Waals surface area contributed by atoms with E-state index in [9.17, 15) is 12.8 Å². The summed E-state index contributed by atoms with van der Waals surface area (Å²) < 4.78 is 44.0. The van der Waals surface area contributed by atoms with E-state index >= 15 is 0 Å². The number of hydrogen-bond acceptors (Lipinski definition) is 6. The molecule has 1 saturated heterocycles. The fraction of sp³-hybridized carbons (Fsp3) is 0.318. The zero-order valence-electron chi connectivity index (χ0n) is 16.6. The van der Waals surface area contributed by atoms with Gasteiger partial charge in [-0.25, -0.2) is 17.8 Å². The lowest BCUT2D eigenvalue weighted by atomic mass is 10.1. The molecule has 1 fully saturated rings. The van der Waals surface area contributed by atoms with E-state index in [1.165, 1.54) is 24.3 Å². The van der Waals surface area contributed by atoms with Crippen molar-refractivity contribution in [2.45, 2.75) is 29.4 Å². The summed E-state index contributed by atoms with van der Waals surface area (Å²) in [5, 5.41) is 2.54. The second-order valence-electron chi connectivity index (χ2n) is 7.33. The lowest BCUT2D eigenvalue weighted by Gasteiger charge is -2.31. The molecule has 2 aromatic carbocycles. The van der Waals surface area contributed by atoms with Gasteiger partial charge in [0.1, 0.15) is 11.6 Å². The molecule has 0 atom stereocenters. The number of anilines is 1. The summed E-state index contributed by atoms with van der Waals surface area (Å²) in [5.41, 5.74) is 2.16. The third-order valence-electron chi connectivity index (χ3n) is 5.38. The Kier molecular flexibility index (Phi) is 6.06. The van der Waals surface area contributed by atoms with E-state index in [1.807, 2.05) is 24.3 Å². The maximum Gasteiger partial charge on any atom is 0.185 e. The van der Waals surface area contributed by atoms with Gasteiger partial charge in [0, 0.05) is 24.9 Å². The van der Waals surface area contributed by atoms with Crippen LogP contribution in [0.1, 0.15) is 24.1 Å². The molecule has 0 amide bonds. The van der Waals surface area contributed by atoms with Gasteiger partial charge in [-0.3, -0.25) is 0 Å². The summed E-state index contributed by atoms with van der Waals surface area (Å²) in [4.78, 5) is 7.09. The van der Waals surface area contributed by atoms with Crippen LogP contribution in [0.15, 0.2) is 58.8 Å². The zero-order valence-corrected chi connectivity index (χ0v) is 18.3. The fourth-order valence-electron chi connectivity index (χ4n) is 3.65. The van der Waals surface area contributed by atoms with Crippen molar-refractivity contribution in [3.63, 3.8) is 0 Å². The molecule has 4 rings (SSSR count). The lowest BCUT2D eigenvalue weighted by molar-refractivity contribution is 0.414. The summed E-state index contributed by atoms with van der Waals surface area (Å²) in [5.74, 6) is 0.397. The molecule has 0 aliphatic carbocycles. The van der Waals surface area contributed by atoms with Crippen LogP contribution in [0, 0.1) is 5.82 Å². The monoisotopic (exact) mass is 446 g/mol. The van der Waals surface area contributed by atoms with Gasteiger partial charge in [0.15, 0.2) is 15.0 Å². The largest absolute Gasteiger partial charge is 0.497 e. The number of nitrogens with zero attached hydrogens (tertiary/aromatic N) is 2. The molecule has 1 aliphatic rings. The van der Waals surface area contributed by atoms with Crippen molar-refractivity contribution >= 4 is 26.3 Å². The molecule has 0 saturated carbocycles. The number of thiazole rings is 1. The van der Waals surface area contributed by atoms with Gasteiger partial charge in [0.25, 0.3) is 0 Å². The number of ether oxygens (including phenoxy) is 1. The summed E-state index contributed by atoms with van der Waals surface area (Å²) >= 11 is 1.59. The van der Waals surface area contributed by atoms with Gasteiger partial charge >= 0.3 is 0 Å². The third kappa shape index (κ3) is 4.49. The van der Waals surface area contributed by atoms with Crippen LogP contribution in [0.4, 0.5) is 9.52 Å². The lowest BCUT2D eigenvalue weighted by Crippen LogP contribution is -2.39. The number of methoxy groups -OCH3 is 1. The molecule has 158 valence electrons. The number of sulfone groups is 1. The Morgan fingerprint density at radius 3 is 2.40 bits per heavy atom. The molecule has 0 bridgehead atoms. The molecule has 0 radical (unpaired) electrons. The fourth-order valence-corrected chi connectivity index (χ4v) is 6.26. The van der Waals surface area contributed by atoms with Gasteiger partial charge in [0.2, 0.25) is 0 Å². The molecule has 30 heavy (non-hydrogen) atoms. The van der Waals surface area contributed by atoms with Crippen molar-refractivity contribution < 1.29 is 17.5 Å². The van der Waals surface area contributed by atoms with E-state index in [4.69, 9.17) is 9.72 Å². The Morgan fingerprint density at radius 1 is 1.10 bits per heavy atom. The van der Waals surface area contributed by atoms with Crippen LogP contribution >= 0.6 is 11.3 Å². The number of piperidine rings is 1. The van der Waals surface area contributed by atoms with E-state index in [-0.39, 0.29) is 4.90 Å². The van der Waals surface area contributed by atoms with Crippen molar-refractivity contribution in [2.75, 3.05) is 25.1 Å². The number of halogens is 1. The van der Waals surface area contributed by atoms with Crippen molar-refractivity contribution in [1.29, 1.82) is 0 Å². The van der Waals surface area contributed by atoms with E-state index in [0.717, 1.165) is 28.6 Å². The summed E-state index contributed by atoms with van der Waals surface area (Å²) in [6.45, 7) is 1.28. The molecular formula is C22H23FN2O3S2. The molecule has 5 nitrogen and oxygen atoms in total. The molecular weight excluding hydrogens is 423 g/mol. The van der Waals surface area contributed by atoms with Gasteiger partial charge in [-0.1, -0.05) is 12.1 Å². The molecule has 3 aromatic rings. The van der Waals surface area contributed by atoms with Crippen molar-refractivity contribution in [2.24, 2.45) is 0 Å². The summed E-state index contributed by atoms with van der Waals surface area (Å²) in [7, 11) is -1.80. The first-order valence-electron chi connectivity index (χ1n) is 9.77. The number of benzene rings is 2. The highest BCUT2D eigenvalue weighted by molar-refractivity contribution is 7.92. The molecule has 8 heteroatoms. The highest BCUT2D eigenvalue weighted by atomic mass is 32.2. The third-order valence-corrected chi connectivity index (χ3v) is 8.61. The van der Waals surface area contributed by atoms with Gasteiger partial charge < -0.3 is 9.64 Å². The molecule has 0 N–H and O–H groups in total. The van der Waals surface area contributed by atoms with Gasteiger partial charge in [-0.15, -0.1) is 11.3 Å². The standard InChI is InChI=1S/C22H23FN2O3S2/c1-28-19-6-2-16(3-7-19)14-18-15-29-22(24-18)25-12-10-21(11-13-25)30(26,27)20-8-4-17(23)5-9-20/h2-9,15,21H,10-14H2,1H3. The number of hydrogen-bond donors (Lipinski definition) is 0. The SMILES string of the molecule is COc1ccc(Cc2csc(N3CCC(S(=O)(=O)c4ccc(F)cc4)CC3)n2)cc1. The van der Waals surface area contributed by atoms with E-state index < -0.39 is 20.9 Å². The minimum Gasteiger partial charge on any atom is -0.497 e. The Hall–Kier alpha value is -2.45. The first-order chi connectivity index (χ1) is 14.5. The quantitative estimate of drug-likeness (QED) is 0.528. The topological polar surface area (TPSA) is 59.5 Å². The summed E-state index contributed by atoms with van der Waals surface area (Å²) in [6, 6.07) is 13.0. The maximum atomic E-state index is 13.1. The Morgan fingerprint density at radius 2 is 1.77 bits per heavy atom. The van der Waals surface area contributed by atoms with Gasteiger partial charge in [-0.05, 0) is 54.8 Å². The minimum atomic E-state index is -3.45. The summed E-state index contributed by atoms with van der Waals surface area (Å²) in [6.07, 6.45) is 1.82. The zero-order chi connectivity index (χ0) is 21.1. The van der Waals surface area contributed by atoms with Crippen LogP contribution < -0.4 is 9.64 Å². The number of aromatic nitrogens is 1. The molecule has 1 aromatic heterocycles. The van der Waals surface area contributed by atoms with Crippen molar-refractivity contribution in [1.82, 2.24) is 4.98 Å². The molecule has 0 spiro atoms. The predicted molar refractivity (Wildman–Crippen MR) is 117 cm³/mol. The van der Waals surface area contributed by atoms with E-state index in [0.29, 0.717) is 25.9 Å². The van der Waals surface area contributed by atoms with Crippen LogP contribution in [0.2, 0.25) is 0 Å². The van der Waals surface area contributed by atoms with E-state index in [2.05, 4.69) is 10.3 Å². The second-order valence-corrected chi connectivity index (χ2v) is 10.4. The van der Waals surface area contributed by atoms with Crippen molar-refractivity contribution in [3.05, 3.63) is 71.0 Å². The Labute approximate surface area is 180 Å². The van der Waals surface area contributed by atoms with Crippen LogP contribution in [0.5, 0.6) is 5.75 Å². The average Bonchev–Trinajstić information content (AvgIpc) is 3.23. The second kappa shape index (κ2) is 8.73. The predicted octanol–water partition coefficient (Wildman–Crippen LogP) is 4.32. The first-order valence-corrected chi connectivity index (χ1v) is 12.2. The van der Waals surface area contributed by atoms with Gasteiger partial charge in [0.05, 0.1) is 22.9 Å². The normalized spacial score (nSPS) is 15.3. The highest BCUT2D eigenvalue weighted by Gasteiger charge is 2.32. The number of rotatable bonds is 6. The average molecular weight is 447 g/mol. The first kappa shape index (κ1) is 20.8. The van der Waals surface area contributed by atoms with Crippen LogP contribution in [0.25, 0.3) is 0 Å². The van der Waals surface area contributed by atoms with Crippen LogP contribution in [-0.2, 0) is 16.3 Å².